The Bertz CT molecular complexity index is 1480. The van der Waals surface area contributed by atoms with E-state index in [4.69, 9.17) is 9.47 Å². The van der Waals surface area contributed by atoms with E-state index in [-0.39, 0.29) is 11.1 Å². The number of halogens is 2. The van der Waals surface area contributed by atoms with Gasteiger partial charge in [-0.05, 0) is 6.07 Å². The second kappa shape index (κ2) is 10.3. The highest BCUT2D eigenvalue weighted by molar-refractivity contribution is 7.85. The molecule has 1 fully saturated rings. The van der Waals surface area contributed by atoms with Crippen LogP contribution in [0.25, 0.3) is 0 Å². The molecule has 1 aliphatic rings. The maximum atomic E-state index is 15.3. The minimum absolute atomic E-state index is 0.0520. The Morgan fingerprint density at radius 2 is 1.53 bits per heavy atom. The number of rotatable bonds is 8. The number of carbonyl (C=O) groups excluding carboxylic acids is 2. The Balaban J connectivity index is 2.13. The molecule has 0 aromatic heterocycles. The van der Waals surface area contributed by atoms with Gasteiger partial charge in [0.05, 0.1) is 24.8 Å². The maximum absolute atomic E-state index is 15.3. The molecule has 1 saturated heterocycles. The van der Waals surface area contributed by atoms with Crippen molar-refractivity contribution in [1.82, 2.24) is 0 Å². The van der Waals surface area contributed by atoms with Crippen molar-refractivity contribution in [2.24, 2.45) is 0 Å². The first kappa shape index (κ1) is 27.5. The summed E-state index contributed by atoms with van der Waals surface area (Å²) >= 11 is 0. The number of aliphatic hydroxyl groups is 2. The van der Waals surface area contributed by atoms with Crippen molar-refractivity contribution < 1.29 is 51.0 Å². The highest BCUT2D eigenvalue weighted by Crippen LogP contribution is 2.50. The van der Waals surface area contributed by atoms with E-state index < -0.39 is 79.9 Å². The van der Waals surface area contributed by atoms with Gasteiger partial charge in [-0.15, -0.1) is 0 Å². The molecule has 3 atom stereocenters. The number of benzene rings is 3. The largest absolute Gasteiger partial charge is 0.495 e. The van der Waals surface area contributed by atoms with Crippen LogP contribution in [0.2, 0.25) is 0 Å². The lowest BCUT2D eigenvalue weighted by atomic mass is 9.87. The molecule has 0 saturated carbocycles. The van der Waals surface area contributed by atoms with Gasteiger partial charge in [0.25, 0.3) is 10.1 Å². The molecule has 12 heteroatoms. The lowest BCUT2D eigenvalue weighted by Gasteiger charge is -2.26. The molecule has 38 heavy (non-hydrogen) atoms. The molecule has 1 aliphatic heterocycles. The molecular formula is C26H22F2O9S. The van der Waals surface area contributed by atoms with Gasteiger partial charge in [-0.2, -0.15) is 8.42 Å². The van der Waals surface area contributed by atoms with E-state index in [9.17, 15) is 32.8 Å². The number of alkyl halides is 2. The van der Waals surface area contributed by atoms with Crippen molar-refractivity contribution in [3.05, 3.63) is 94.5 Å². The van der Waals surface area contributed by atoms with Gasteiger partial charge in [0, 0.05) is 16.7 Å². The monoisotopic (exact) mass is 548 g/mol. The highest BCUT2D eigenvalue weighted by Gasteiger charge is 2.60. The minimum atomic E-state index is -5.38. The van der Waals surface area contributed by atoms with E-state index in [0.717, 1.165) is 7.11 Å². The van der Waals surface area contributed by atoms with E-state index in [0.29, 0.717) is 6.07 Å². The first-order valence-corrected chi connectivity index (χ1v) is 12.6. The smallest absolute Gasteiger partial charge is 0.305 e. The zero-order chi connectivity index (χ0) is 27.8. The molecular weight excluding hydrogens is 526 g/mol. The fourth-order valence-corrected chi connectivity index (χ4v) is 5.11. The average Bonchev–Trinajstić information content (AvgIpc) is 3.14. The second-order valence-electron chi connectivity index (χ2n) is 8.47. The van der Waals surface area contributed by atoms with Crippen LogP contribution in [0.15, 0.2) is 71.6 Å². The summed E-state index contributed by atoms with van der Waals surface area (Å²) in [5, 5.41) is 19.5. The van der Waals surface area contributed by atoms with E-state index in [1.165, 1.54) is 48.5 Å². The fraction of sp³-hybridized carbons (Fsp3) is 0.231. The second-order valence-corrected chi connectivity index (χ2v) is 9.86. The third-order valence-electron chi connectivity index (χ3n) is 6.16. The molecule has 3 N–H and O–H groups in total. The van der Waals surface area contributed by atoms with E-state index in [1.807, 2.05) is 0 Å². The van der Waals surface area contributed by atoms with Crippen LogP contribution >= 0.6 is 0 Å². The zero-order valence-electron chi connectivity index (χ0n) is 19.7. The summed E-state index contributed by atoms with van der Waals surface area (Å²) in [5.41, 5.74) is -2.35. The summed E-state index contributed by atoms with van der Waals surface area (Å²) in [5.74, 6) is -6.62. The number of ketones is 2. The molecule has 200 valence electrons. The van der Waals surface area contributed by atoms with E-state index in [2.05, 4.69) is 0 Å². The van der Waals surface area contributed by atoms with E-state index in [1.54, 1.807) is 12.1 Å². The molecule has 3 aromatic carbocycles. The normalized spacial score (nSPS) is 20.7. The van der Waals surface area contributed by atoms with Crippen LogP contribution in [0.3, 0.4) is 0 Å². The summed E-state index contributed by atoms with van der Waals surface area (Å²) in [6.07, 6.45) is -7.05. The predicted octanol–water partition coefficient (Wildman–Crippen LogP) is 2.83. The van der Waals surface area contributed by atoms with Crippen LogP contribution in [-0.4, -0.2) is 66.6 Å². The van der Waals surface area contributed by atoms with Crippen LogP contribution in [-0.2, 0) is 14.9 Å². The summed E-state index contributed by atoms with van der Waals surface area (Å²) in [6.45, 7) is -1.06. The zero-order valence-corrected chi connectivity index (χ0v) is 20.6. The predicted molar refractivity (Wildman–Crippen MR) is 128 cm³/mol. The number of hydrogen-bond donors (Lipinski definition) is 3. The van der Waals surface area contributed by atoms with Crippen molar-refractivity contribution in [2.45, 2.75) is 29.1 Å². The summed E-state index contributed by atoms with van der Waals surface area (Å²) in [4.78, 5) is 25.9. The Hall–Kier alpha value is -3.55. The number of carbonyl (C=O) groups is 2. The maximum Gasteiger partial charge on any atom is 0.305 e. The third kappa shape index (κ3) is 4.72. The molecule has 3 aromatic rings. The van der Waals surface area contributed by atoms with Gasteiger partial charge in [0.2, 0.25) is 0 Å². The molecule has 1 heterocycles. The molecule has 0 spiro atoms. The van der Waals surface area contributed by atoms with Crippen LogP contribution in [0.4, 0.5) is 8.78 Å². The van der Waals surface area contributed by atoms with Crippen LogP contribution in [0, 0.1) is 0 Å². The van der Waals surface area contributed by atoms with E-state index >= 15 is 8.78 Å². The number of hydrogen-bond acceptors (Lipinski definition) is 8. The van der Waals surface area contributed by atoms with Gasteiger partial charge in [0.1, 0.15) is 22.9 Å². The lowest BCUT2D eigenvalue weighted by Crippen LogP contribution is -2.38. The van der Waals surface area contributed by atoms with Crippen molar-refractivity contribution in [2.75, 3.05) is 13.7 Å². The molecule has 0 bridgehead atoms. The lowest BCUT2D eigenvalue weighted by molar-refractivity contribution is -0.114. The number of aliphatic hydroxyl groups excluding tert-OH is 2. The minimum Gasteiger partial charge on any atom is -0.495 e. The van der Waals surface area contributed by atoms with Gasteiger partial charge in [-0.1, -0.05) is 60.7 Å². The Morgan fingerprint density at radius 3 is 1.97 bits per heavy atom. The van der Waals surface area contributed by atoms with Gasteiger partial charge in [-0.3, -0.25) is 14.1 Å². The number of methoxy groups -OCH3 is 1. The SMILES string of the molecule is COc1c(C(=O)c2ccccc2)cc(S(=O)(=O)O)c([C@@H]2O[C@H](CO)[C@@H](O)C2(F)F)c1C(=O)c1ccccc1. The van der Waals surface area contributed by atoms with Crippen molar-refractivity contribution >= 4 is 21.7 Å². The van der Waals surface area contributed by atoms with Gasteiger partial charge in [-0.25, -0.2) is 8.78 Å². The standard InChI is InChI=1S/C26H22F2O9S/c1-36-23-16(21(30)14-8-4-2-5-9-14)12-18(38(33,34)35)19(20(23)22(31)15-10-6-3-7-11-15)25-26(27,28)24(32)17(13-29)37-25/h2-12,17,24-25,29,32H,13H2,1H3,(H,33,34,35)/t17-,24-,25+/m1/s1. The summed E-state index contributed by atoms with van der Waals surface area (Å²) in [6, 6.07) is 15.2. The molecule has 0 radical (unpaired) electrons. The summed E-state index contributed by atoms with van der Waals surface area (Å²) < 4.78 is 76.4. The van der Waals surface area contributed by atoms with Gasteiger partial charge in [0.15, 0.2) is 17.7 Å². The Labute approximate surface area is 216 Å². The molecule has 0 aliphatic carbocycles. The Kier molecular flexibility index (Phi) is 7.46. The van der Waals surface area contributed by atoms with Crippen molar-refractivity contribution in [3.63, 3.8) is 0 Å². The van der Waals surface area contributed by atoms with Crippen LogP contribution in [0.1, 0.15) is 43.5 Å². The fourth-order valence-electron chi connectivity index (χ4n) is 4.36. The first-order valence-electron chi connectivity index (χ1n) is 11.2. The van der Waals surface area contributed by atoms with Crippen LogP contribution < -0.4 is 4.74 Å². The van der Waals surface area contributed by atoms with Crippen LogP contribution in [0.5, 0.6) is 5.75 Å². The quantitative estimate of drug-likeness (QED) is 0.286. The first-order chi connectivity index (χ1) is 17.9. The molecule has 0 unspecified atom stereocenters. The van der Waals surface area contributed by atoms with Crippen molar-refractivity contribution in [3.8, 4) is 5.75 Å². The highest BCUT2D eigenvalue weighted by atomic mass is 32.2. The van der Waals surface area contributed by atoms with Crippen molar-refractivity contribution in [1.29, 1.82) is 0 Å². The average molecular weight is 549 g/mol. The molecule has 9 nitrogen and oxygen atoms in total. The summed E-state index contributed by atoms with van der Waals surface area (Å²) in [7, 11) is -4.33. The topological polar surface area (TPSA) is 147 Å². The van der Waals surface area contributed by atoms with Gasteiger partial charge >= 0.3 is 5.92 Å². The number of ether oxygens (including phenoxy) is 2. The Morgan fingerprint density at radius 1 is 1.00 bits per heavy atom. The molecule has 0 amide bonds. The van der Waals surface area contributed by atoms with Gasteiger partial charge < -0.3 is 19.7 Å². The third-order valence-corrected chi connectivity index (χ3v) is 7.05. The molecule has 4 rings (SSSR count).